The molecule has 32 heavy (non-hydrogen) atoms. The molecule has 174 valence electrons. The Balaban J connectivity index is 1.37. The van der Waals surface area contributed by atoms with E-state index in [0.29, 0.717) is 35.6 Å². The lowest BCUT2D eigenvalue weighted by Gasteiger charge is -2.44. The molecule has 2 saturated heterocycles. The molecular formula is C24H33N3O4S. The average molecular weight is 460 g/mol. The lowest BCUT2D eigenvalue weighted by Crippen LogP contribution is -2.51. The molecule has 1 N–H and O–H groups in total. The van der Waals surface area contributed by atoms with Gasteiger partial charge in [0.1, 0.15) is 5.01 Å². The number of carbonyl (C=O) groups excluding carboxylic acids is 1. The molecule has 2 aromatic rings. The van der Waals surface area contributed by atoms with Gasteiger partial charge in [-0.1, -0.05) is 6.42 Å². The SMILES string of the molecule is COc1cc(-c2nc(CC(=O)NC[C@@H]3CCCN4CCCC[C@H]34)cs2)cc(OC)c1OC. The van der Waals surface area contributed by atoms with E-state index >= 15 is 0 Å². The maximum atomic E-state index is 12.6. The summed E-state index contributed by atoms with van der Waals surface area (Å²) in [5.41, 5.74) is 1.65. The lowest BCUT2D eigenvalue weighted by atomic mass is 9.83. The Labute approximate surface area is 194 Å². The molecule has 2 atom stereocenters. The average Bonchev–Trinajstić information content (AvgIpc) is 3.30. The monoisotopic (exact) mass is 459 g/mol. The number of piperidine rings is 2. The molecule has 8 heteroatoms. The van der Waals surface area contributed by atoms with E-state index < -0.39 is 0 Å². The highest BCUT2D eigenvalue weighted by Crippen LogP contribution is 2.41. The fourth-order valence-corrected chi connectivity index (χ4v) is 5.82. The van der Waals surface area contributed by atoms with Crippen LogP contribution in [0.1, 0.15) is 37.8 Å². The molecule has 1 aromatic carbocycles. The molecular weight excluding hydrogens is 426 g/mol. The number of thiazole rings is 1. The van der Waals surface area contributed by atoms with Crippen LogP contribution in [-0.4, -0.2) is 62.8 Å². The molecule has 7 nitrogen and oxygen atoms in total. The van der Waals surface area contributed by atoms with Crippen molar-refractivity contribution < 1.29 is 19.0 Å². The summed E-state index contributed by atoms with van der Waals surface area (Å²) in [6, 6.07) is 4.40. The number of amides is 1. The number of carbonyl (C=O) groups is 1. The highest BCUT2D eigenvalue weighted by molar-refractivity contribution is 7.13. The van der Waals surface area contributed by atoms with Crippen molar-refractivity contribution in [1.82, 2.24) is 15.2 Å². The predicted molar refractivity (Wildman–Crippen MR) is 126 cm³/mol. The smallest absolute Gasteiger partial charge is 0.226 e. The minimum absolute atomic E-state index is 0.0414. The summed E-state index contributed by atoms with van der Waals surface area (Å²) in [6.45, 7) is 3.21. The molecule has 3 heterocycles. The maximum absolute atomic E-state index is 12.6. The van der Waals surface area contributed by atoms with E-state index in [0.717, 1.165) is 22.8 Å². The van der Waals surface area contributed by atoms with Crippen molar-refractivity contribution in [3.05, 3.63) is 23.2 Å². The van der Waals surface area contributed by atoms with Gasteiger partial charge in [0.2, 0.25) is 11.7 Å². The zero-order valence-electron chi connectivity index (χ0n) is 19.2. The standard InChI is InChI=1S/C24H33N3O4S/c1-29-20-11-17(12-21(30-2)23(20)31-3)24-26-18(15-32-24)13-22(28)25-14-16-7-6-10-27-9-5-4-8-19(16)27/h11-12,15-16,19H,4-10,13-14H2,1-3H3,(H,25,28)/t16-,19+/m0/s1. The van der Waals surface area contributed by atoms with Crippen molar-refractivity contribution in [2.75, 3.05) is 41.0 Å². The third-order valence-corrected chi connectivity index (χ3v) is 7.54. The van der Waals surface area contributed by atoms with Crippen LogP contribution in [0.25, 0.3) is 10.6 Å². The van der Waals surface area contributed by atoms with Gasteiger partial charge < -0.3 is 24.4 Å². The third-order valence-electron chi connectivity index (χ3n) is 6.60. The summed E-state index contributed by atoms with van der Waals surface area (Å²) in [4.78, 5) is 19.9. The molecule has 0 radical (unpaired) electrons. The molecule has 0 saturated carbocycles. The van der Waals surface area contributed by atoms with E-state index in [-0.39, 0.29) is 5.91 Å². The fraction of sp³-hybridized carbons (Fsp3) is 0.583. The van der Waals surface area contributed by atoms with Gasteiger partial charge in [-0.3, -0.25) is 4.79 Å². The molecule has 2 aliphatic heterocycles. The summed E-state index contributed by atoms with van der Waals surface area (Å²) < 4.78 is 16.3. The largest absolute Gasteiger partial charge is 0.493 e. The summed E-state index contributed by atoms with van der Waals surface area (Å²) in [6.07, 6.45) is 6.64. The Kier molecular flexibility index (Phi) is 7.52. The molecule has 0 spiro atoms. The van der Waals surface area contributed by atoms with Crippen molar-refractivity contribution in [3.8, 4) is 27.8 Å². The third kappa shape index (κ3) is 5.02. The molecule has 4 rings (SSSR count). The lowest BCUT2D eigenvalue weighted by molar-refractivity contribution is -0.120. The first-order valence-electron chi connectivity index (χ1n) is 11.4. The number of hydrogen-bond acceptors (Lipinski definition) is 7. The first-order valence-corrected chi connectivity index (χ1v) is 12.3. The number of hydrogen-bond donors (Lipinski definition) is 1. The van der Waals surface area contributed by atoms with Gasteiger partial charge in [0.25, 0.3) is 0 Å². The van der Waals surface area contributed by atoms with Gasteiger partial charge in [-0.25, -0.2) is 4.98 Å². The quantitative estimate of drug-likeness (QED) is 0.648. The second-order valence-electron chi connectivity index (χ2n) is 8.54. The Bertz CT molecular complexity index is 905. The van der Waals surface area contributed by atoms with Gasteiger partial charge in [0, 0.05) is 23.5 Å². The Morgan fingerprint density at radius 2 is 1.84 bits per heavy atom. The van der Waals surface area contributed by atoms with Gasteiger partial charge in [-0.15, -0.1) is 11.3 Å². The van der Waals surface area contributed by atoms with Crippen molar-refractivity contribution in [1.29, 1.82) is 0 Å². The maximum Gasteiger partial charge on any atom is 0.226 e. The van der Waals surface area contributed by atoms with E-state index in [2.05, 4.69) is 15.2 Å². The van der Waals surface area contributed by atoms with Crippen LogP contribution in [0.5, 0.6) is 17.2 Å². The number of rotatable bonds is 8. The van der Waals surface area contributed by atoms with Gasteiger partial charge in [-0.05, 0) is 56.8 Å². The van der Waals surface area contributed by atoms with Crippen LogP contribution in [0.4, 0.5) is 0 Å². The van der Waals surface area contributed by atoms with E-state index in [4.69, 9.17) is 14.2 Å². The van der Waals surface area contributed by atoms with Crippen molar-refractivity contribution in [2.24, 2.45) is 5.92 Å². The van der Waals surface area contributed by atoms with Gasteiger partial charge in [-0.2, -0.15) is 0 Å². The number of methoxy groups -OCH3 is 3. The number of nitrogens with one attached hydrogen (secondary N) is 1. The van der Waals surface area contributed by atoms with E-state index in [9.17, 15) is 4.79 Å². The zero-order valence-corrected chi connectivity index (χ0v) is 20.0. The molecule has 2 fully saturated rings. The molecule has 1 amide bonds. The van der Waals surface area contributed by atoms with Crippen molar-refractivity contribution in [2.45, 2.75) is 44.6 Å². The van der Waals surface area contributed by atoms with E-state index in [1.54, 1.807) is 21.3 Å². The highest BCUT2D eigenvalue weighted by atomic mass is 32.1. The molecule has 2 aliphatic rings. The highest BCUT2D eigenvalue weighted by Gasteiger charge is 2.32. The first-order chi connectivity index (χ1) is 15.6. The number of ether oxygens (including phenoxy) is 3. The van der Waals surface area contributed by atoms with Crippen LogP contribution < -0.4 is 19.5 Å². The first kappa shape index (κ1) is 22.9. The predicted octanol–water partition coefficient (Wildman–Crippen LogP) is 3.76. The van der Waals surface area contributed by atoms with Crippen LogP contribution in [0.15, 0.2) is 17.5 Å². The summed E-state index contributed by atoms with van der Waals surface area (Å²) in [5.74, 6) is 2.33. The van der Waals surface area contributed by atoms with Crippen molar-refractivity contribution >= 4 is 17.2 Å². The summed E-state index contributed by atoms with van der Waals surface area (Å²) in [7, 11) is 4.77. The van der Waals surface area contributed by atoms with Crippen LogP contribution in [0.2, 0.25) is 0 Å². The van der Waals surface area contributed by atoms with E-state index in [1.807, 2.05) is 17.5 Å². The number of fused-ring (bicyclic) bond motifs is 1. The molecule has 0 unspecified atom stereocenters. The minimum Gasteiger partial charge on any atom is -0.493 e. The number of benzene rings is 1. The van der Waals surface area contributed by atoms with Gasteiger partial charge in [0.05, 0.1) is 33.4 Å². The fourth-order valence-electron chi connectivity index (χ4n) is 5.01. The van der Waals surface area contributed by atoms with E-state index in [1.165, 1.54) is 56.5 Å². The Hall–Kier alpha value is -2.32. The number of aromatic nitrogens is 1. The van der Waals surface area contributed by atoms with Crippen molar-refractivity contribution in [3.63, 3.8) is 0 Å². The second kappa shape index (κ2) is 10.5. The summed E-state index contributed by atoms with van der Waals surface area (Å²) >= 11 is 1.51. The zero-order chi connectivity index (χ0) is 22.5. The van der Waals surface area contributed by atoms with Gasteiger partial charge in [0.15, 0.2) is 11.5 Å². The topological polar surface area (TPSA) is 72.9 Å². The van der Waals surface area contributed by atoms with Crippen LogP contribution in [-0.2, 0) is 11.2 Å². The normalized spacial score (nSPS) is 21.0. The minimum atomic E-state index is 0.0414. The molecule has 0 bridgehead atoms. The molecule has 1 aromatic heterocycles. The second-order valence-corrected chi connectivity index (χ2v) is 9.40. The Morgan fingerprint density at radius 1 is 1.09 bits per heavy atom. The van der Waals surface area contributed by atoms with Crippen LogP contribution in [0, 0.1) is 5.92 Å². The number of nitrogens with zero attached hydrogens (tertiary/aromatic N) is 2. The molecule has 0 aliphatic carbocycles. The Morgan fingerprint density at radius 3 is 2.56 bits per heavy atom. The van der Waals surface area contributed by atoms with Crippen LogP contribution >= 0.6 is 11.3 Å². The van der Waals surface area contributed by atoms with Crippen LogP contribution in [0.3, 0.4) is 0 Å². The summed E-state index contributed by atoms with van der Waals surface area (Å²) in [5, 5.41) is 5.94. The van der Waals surface area contributed by atoms with Gasteiger partial charge >= 0.3 is 0 Å².